The van der Waals surface area contributed by atoms with Crippen LogP contribution in [0, 0.1) is 22.7 Å². The van der Waals surface area contributed by atoms with E-state index in [9.17, 15) is 15.3 Å². The minimum Gasteiger partial charge on any atom is -0.497 e. The molecule has 188 valence electrons. The van der Waals surface area contributed by atoms with Gasteiger partial charge in [-0.05, 0) is 29.8 Å². The molecular formula is C30H21N7O2. The predicted octanol–water partition coefficient (Wildman–Crippen LogP) is 4.58. The molecule has 9 heteroatoms. The van der Waals surface area contributed by atoms with Crippen molar-refractivity contribution in [2.24, 2.45) is 5.10 Å². The van der Waals surface area contributed by atoms with Crippen LogP contribution in [0.3, 0.4) is 0 Å². The molecule has 0 aliphatic carbocycles. The monoisotopic (exact) mass is 511 g/mol. The fourth-order valence-corrected chi connectivity index (χ4v) is 4.19. The van der Waals surface area contributed by atoms with Crippen LogP contribution in [-0.4, -0.2) is 27.8 Å². The zero-order chi connectivity index (χ0) is 27.4. The molecule has 2 N–H and O–H groups in total. The zero-order valence-electron chi connectivity index (χ0n) is 20.8. The van der Waals surface area contributed by atoms with Crippen molar-refractivity contribution in [2.75, 3.05) is 12.8 Å². The van der Waals surface area contributed by atoms with E-state index in [-0.39, 0.29) is 22.5 Å². The Morgan fingerprint density at radius 3 is 2.15 bits per heavy atom. The number of nitriles is 2. The number of pyridine rings is 1. The number of hydrogen-bond acceptors (Lipinski definition) is 7. The van der Waals surface area contributed by atoms with Gasteiger partial charge in [0.1, 0.15) is 40.5 Å². The highest BCUT2D eigenvalue weighted by Crippen LogP contribution is 2.30. The fraction of sp³-hybridized carbons (Fsp3) is 0.0333. The molecule has 0 aliphatic rings. The Morgan fingerprint density at radius 1 is 0.897 bits per heavy atom. The van der Waals surface area contributed by atoms with E-state index in [0.29, 0.717) is 22.6 Å². The number of nitrogens with two attached hydrogens (primary N) is 1. The number of rotatable bonds is 6. The number of anilines is 1. The Morgan fingerprint density at radius 2 is 1.54 bits per heavy atom. The molecule has 0 fully saturated rings. The van der Waals surface area contributed by atoms with Gasteiger partial charge in [-0.1, -0.05) is 60.7 Å². The largest absolute Gasteiger partial charge is 0.497 e. The Balaban J connectivity index is 1.66. The van der Waals surface area contributed by atoms with Crippen LogP contribution >= 0.6 is 0 Å². The maximum atomic E-state index is 13.4. The molecule has 2 aromatic heterocycles. The number of nitrogens with zero attached hydrogens (tertiary/aromatic N) is 6. The van der Waals surface area contributed by atoms with E-state index >= 15 is 0 Å². The molecule has 39 heavy (non-hydrogen) atoms. The van der Waals surface area contributed by atoms with Crippen molar-refractivity contribution in [1.29, 1.82) is 10.5 Å². The predicted molar refractivity (Wildman–Crippen MR) is 149 cm³/mol. The first-order chi connectivity index (χ1) is 19.0. The Labute approximate surface area is 223 Å². The van der Waals surface area contributed by atoms with Gasteiger partial charge in [-0.2, -0.15) is 25.4 Å². The number of benzene rings is 3. The van der Waals surface area contributed by atoms with Gasteiger partial charge in [0.25, 0.3) is 5.56 Å². The first kappa shape index (κ1) is 24.8. The molecule has 0 spiro atoms. The molecule has 5 aromatic rings. The summed E-state index contributed by atoms with van der Waals surface area (Å²) in [4.78, 5) is 13.4. The third kappa shape index (κ3) is 4.64. The summed E-state index contributed by atoms with van der Waals surface area (Å²) >= 11 is 0. The summed E-state index contributed by atoms with van der Waals surface area (Å²) in [6.07, 6.45) is 3.23. The number of hydrogen-bond donors (Lipinski definition) is 1. The second kappa shape index (κ2) is 10.6. The van der Waals surface area contributed by atoms with E-state index in [1.54, 1.807) is 35.1 Å². The Kier molecular flexibility index (Phi) is 6.72. The highest BCUT2D eigenvalue weighted by Gasteiger charge is 2.22. The molecule has 5 rings (SSSR count). The first-order valence-electron chi connectivity index (χ1n) is 11.8. The summed E-state index contributed by atoms with van der Waals surface area (Å²) in [5.41, 5.74) is 8.84. The molecule has 0 amide bonds. The molecule has 0 saturated heterocycles. The van der Waals surface area contributed by atoms with Crippen molar-refractivity contribution >= 4 is 12.0 Å². The number of methoxy groups -OCH3 is 1. The van der Waals surface area contributed by atoms with Crippen LogP contribution in [-0.2, 0) is 0 Å². The van der Waals surface area contributed by atoms with E-state index < -0.39 is 5.56 Å². The van der Waals surface area contributed by atoms with Crippen molar-refractivity contribution in [3.63, 3.8) is 0 Å². The first-order valence-corrected chi connectivity index (χ1v) is 11.8. The summed E-state index contributed by atoms with van der Waals surface area (Å²) < 4.78 is 7.77. The quantitative estimate of drug-likeness (QED) is 0.332. The van der Waals surface area contributed by atoms with E-state index in [2.05, 4.69) is 5.10 Å². The topological polar surface area (TPSA) is 135 Å². The van der Waals surface area contributed by atoms with Crippen LogP contribution in [0.5, 0.6) is 5.75 Å². The smallest absolute Gasteiger partial charge is 0.291 e. The van der Waals surface area contributed by atoms with Gasteiger partial charge in [0.05, 0.1) is 19.0 Å². The van der Waals surface area contributed by atoms with E-state index in [0.717, 1.165) is 15.9 Å². The van der Waals surface area contributed by atoms with E-state index in [1.165, 1.54) is 13.3 Å². The van der Waals surface area contributed by atoms with Gasteiger partial charge < -0.3 is 10.5 Å². The Bertz CT molecular complexity index is 1820. The molecule has 3 aromatic carbocycles. The van der Waals surface area contributed by atoms with Gasteiger partial charge in [-0.15, -0.1) is 0 Å². The lowest BCUT2D eigenvalue weighted by molar-refractivity contribution is 0.415. The van der Waals surface area contributed by atoms with Crippen molar-refractivity contribution in [1.82, 2.24) is 14.5 Å². The van der Waals surface area contributed by atoms with Crippen molar-refractivity contribution in [3.8, 4) is 46.0 Å². The fourth-order valence-electron chi connectivity index (χ4n) is 4.19. The highest BCUT2D eigenvalue weighted by molar-refractivity contribution is 5.89. The van der Waals surface area contributed by atoms with Crippen LogP contribution in [0.2, 0.25) is 0 Å². The van der Waals surface area contributed by atoms with Crippen LogP contribution in [0.15, 0.2) is 101 Å². The molecule has 0 saturated carbocycles. The minimum atomic E-state index is -0.743. The molecule has 0 bridgehead atoms. The second-order valence-corrected chi connectivity index (χ2v) is 8.40. The van der Waals surface area contributed by atoms with E-state index in [4.69, 9.17) is 15.6 Å². The number of nitrogen functional groups attached to an aromatic ring is 1. The molecular weight excluding hydrogens is 490 g/mol. The zero-order valence-corrected chi connectivity index (χ0v) is 20.8. The summed E-state index contributed by atoms with van der Waals surface area (Å²) in [6.45, 7) is 0. The third-order valence-corrected chi connectivity index (χ3v) is 6.12. The van der Waals surface area contributed by atoms with Gasteiger partial charge >= 0.3 is 0 Å². The summed E-state index contributed by atoms with van der Waals surface area (Å²) in [5, 5.41) is 28.9. The minimum absolute atomic E-state index is 0.0308. The molecule has 9 nitrogen and oxygen atoms in total. The molecule has 0 radical (unpaired) electrons. The normalized spacial score (nSPS) is 10.7. The van der Waals surface area contributed by atoms with Crippen LogP contribution in [0.1, 0.15) is 16.7 Å². The van der Waals surface area contributed by atoms with Crippen LogP contribution < -0.4 is 16.0 Å². The number of ether oxygens (including phenoxy) is 1. The summed E-state index contributed by atoms with van der Waals surface area (Å²) in [5.74, 6) is 0.409. The van der Waals surface area contributed by atoms with Crippen molar-refractivity contribution < 1.29 is 4.74 Å². The lowest BCUT2D eigenvalue weighted by atomic mass is 9.96. The van der Waals surface area contributed by atoms with Crippen LogP contribution in [0.4, 0.5) is 5.82 Å². The average Bonchev–Trinajstić information content (AvgIpc) is 3.42. The van der Waals surface area contributed by atoms with E-state index in [1.807, 2.05) is 72.8 Å². The van der Waals surface area contributed by atoms with Crippen molar-refractivity contribution in [3.05, 3.63) is 118 Å². The highest BCUT2D eigenvalue weighted by atomic mass is 16.5. The van der Waals surface area contributed by atoms with Gasteiger partial charge in [-0.25, -0.2) is 4.68 Å². The lowest BCUT2D eigenvalue weighted by Gasteiger charge is -2.12. The van der Waals surface area contributed by atoms with Crippen molar-refractivity contribution in [2.45, 2.75) is 0 Å². The third-order valence-electron chi connectivity index (χ3n) is 6.12. The molecule has 0 atom stereocenters. The summed E-state index contributed by atoms with van der Waals surface area (Å²) in [7, 11) is 1.53. The molecule has 0 unspecified atom stereocenters. The van der Waals surface area contributed by atoms with Gasteiger partial charge in [0.15, 0.2) is 0 Å². The van der Waals surface area contributed by atoms with Gasteiger partial charge in [-0.3, -0.25) is 4.79 Å². The Hall–Kier alpha value is -5.93. The molecule has 0 aliphatic heterocycles. The second-order valence-electron chi connectivity index (χ2n) is 8.40. The van der Waals surface area contributed by atoms with Gasteiger partial charge in [0, 0.05) is 22.9 Å². The maximum absolute atomic E-state index is 13.4. The summed E-state index contributed by atoms with van der Waals surface area (Å²) in [6, 6.07) is 29.7. The maximum Gasteiger partial charge on any atom is 0.291 e. The standard InChI is InChI=1S/C30H21N7O2/c1-39-24-14-12-20(13-15-24)27-25(16-31)29(33)37(30(38)26(27)17-32)34-18-22-19-36(23-10-6-3-7-11-23)35-28(22)21-8-4-2-5-9-21/h2-15,18-19H,33H2,1H3/b34-18+. The van der Waals surface area contributed by atoms with Gasteiger partial charge in [0.2, 0.25) is 0 Å². The molecule has 2 heterocycles. The SMILES string of the molecule is COc1ccc(-c2c(C#N)c(N)n(/N=C/c3cn(-c4ccccc4)nc3-c3ccccc3)c(=O)c2C#N)cc1. The lowest BCUT2D eigenvalue weighted by Crippen LogP contribution is -2.25. The average molecular weight is 512 g/mol. The number of aromatic nitrogens is 3. The number of para-hydroxylation sites is 1. The van der Waals surface area contributed by atoms with Crippen LogP contribution in [0.25, 0.3) is 28.1 Å².